The molecule has 3 aliphatic rings. The van der Waals surface area contributed by atoms with E-state index in [0.29, 0.717) is 0 Å². The van der Waals surface area contributed by atoms with E-state index in [1.165, 1.54) is 6.07 Å². The molecule has 2 aromatic carbocycles. The molecule has 2 saturated carbocycles. The highest BCUT2D eigenvalue weighted by molar-refractivity contribution is 6.20. The SMILES string of the molecule is O=C1C(O)CC(=O)[C@]2(O)[C@H](O)[C@@H]1OC1(Oc3cc4c(O)cc(O)cc4[o+]c3-c3ccc(O)c(O)c3)C(=O)CC(=O)[C@]12O. The van der Waals surface area contributed by atoms with Gasteiger partial charge in [-0.3, -0.25) is 19.2 Å². The van der Waals surface area contributed by atoms with Crippen molar-refractivity contribution in [3.05, 3.63) is 36.4 Å². The van der Waals surface area contributed by atoms with Crippen molar-refractivity contribution < 1.29 is 73.9 Å². The Morgan fingerprint density at radius 2 is 1.57 bits per heavy atom. The van der Waals surface area contributed by atoms with E-state index in [1.807, 2.05) is 0 Å². The van der Waals surface area contributed by atoms with E-state index in [2.05, 4.69) is 0 Å². The van der Waals surface area contributed by atoms with Crippen molar-refractivity contribution in [3.8, 4) is 40.1 Å². The van der Waals surface area contributed by atoms with Gasteiger partial charge in [0, 0.05) is 24.6 Å². The topological polar surface area (TPSA) is 260 Å². The minimum absolute atomic E-state index is 0.0868. The first-order valence-corrected chi connectivity index (χ1v) is 12.3. The number of aliphatic hydroxyl groups excluding tert-OH is 2. The number of aromatic hydroxyl groups is 4. The van der Waals surface area contributed by atoms with E-state index in [9.17, 15) is 60.0 Å². The van der Waals surface area contributed by atoms with E-state index in [4.69, 9.17) is 13.9 Å². The third kappa shape index (κ3) is 3.30. The van der Waals surface area contributed by atoms with Gasteiger partial charge in [0.1, 0.15) is 29.1 Å². The smallest absolute Gasteiger partial charge is 0.402 e. The zero-order valence-electron chi connectivity index (χ0n) is 21.0. The van der Waals surface area contributed by atoms with Gasteiger partial charge < -0.3 is 50.3 Å². The molecule has 0 amide bonds. The van der Waals surface area contributed by atoms with Gasteiger partial charge in [0.05, 0.1) is 18.1 Å². The number of hydrogen-bond donors (Lipinski definition) is 8. The van der Waals surface area contributed by atoms with Crippen LogP contribution in [0.25, 0.3) is 22.3 Å². The summed E-state index contributed by atoms with van der Waals surface area (Å²) in [5, 5.41) is 84.4. The Kier molecular flexibility index (Phi) is 5.67. The highest BCUT2D eigenvalue weighted by Crippen LogP contribution is 2.54. The van der Waals surface area contributed by atoms with Gasteiger partial charge in [0.2, 0.25) is 17.1 Å². The minimum Gasteiger partial charge on any atom is -0.507 e. The molecule has 15 nitrogen and oxygen atoms in total. The van der Waals surface area contributed by atoms with Crippen molar-refractivity contribution in [3.63, 3.8) is 0 Å². The molecule has 0 spiro atoms. The third-order valence-electron chi connectivity index (χ3n) is 7.85. The number of carbonyl (C=O) groups is 4. The van der Waals surface area contributed by atoms with Crippen LogP contribution >= 0.6 is 0 Å². The fourth-order valence-corrected chi connectivity index (χ4v) is 5.70. The first-order chi connectivity index (χ1) is 19.7. The lowest BCUT2D eigenvalue weighted by atomic mass is 9.68. The average molecular weight is 585 g/mol. The average Bonchev–Trinajstić information content (AvgIpc) is 3.10. The largest absolute Gasteiger partial charge is 0.507 e. The minimum atomic E-state index is -3.67. The maximum Gasteiger partial charge on any atom is 0.402 e. The fraction of sp³-hybridized carbons (Fsp3) is 0.296. The Morgan fingerprint density at radius 1 is 0.857 bits per heavy atom. The Hall–Kier alpha value is -4.67. The quantitative estimate of drug-likeness (QED) is 0.104. The van der Waals surface area contributed by atoms with Crippen molar-refractivity contribution in [2.75, 3.05) is 0 Å². The van der Waals surface area contributed by atoms with Crippen LogP contribution in [-0.4, -0.2) is 99.3 Å². The molecule has 2 unspecified atom stereocenters. The summed E-state index contributed by atoms with van der Waals surface area (Å²) in [6.45, 7) is 0. The summed E-state index contributed by atoms with van der Waals surface area (Å²) in [7, 11) is 0. The lowest BCUT2D eigenvalue weighted by Crippen LogP contribution is -2.84. The van der Waals surface area contributed by atoms with Gasteiger partial charge in [-0.15, -0.1) is 0 Å². The first kappa shape index (κ1) is 27.5. The molecule has 15 heteroatoms. The molecule has 1 aliphatic heterocycles. The molecule has 2 aliphatic carbocycles. The summed E-state index contributed by atoms with van der Waals surface area (Å²) in [4.78, 5) is 52.7. The number of Topliss-reactive ketones (excluding diaryl/α,β-unsaturated/α-hetero) is 4. The van der Waals surface area contributed by atoms with E-state index >= 15 is 0 Å². The lowest BCUT2D eigenvalue weighted by Gasteiger charge is -2.53. The monoisotopic (exact) mass is 585 g/mol. The van der Waals surface area contributed by atoms with Crippen LogP contribution < -0.4 is 4.74 Å². The van der Waals surface area contributed by atoms with Gasteiger partial charge in [0.15, 0.2) is 40.6 Å². The lowest BCUT2D eigenvalue weighted by molar-refractivity contribution is -0.350. The van der Waals surface area contributed by atoms with Crippen molar-refractivity contribution in [1.82, 2.24) is 0 Å². The molecule has 1 aromatic heterocycles. The third-order valence-corrected chi connectivity index (χ3v) is 7.85. The Balaban J connectivity index is 1.64. The van der Waals surface area contributed by atoms with Crippen LogP contribution in [0.4, 0.5) is 0 Å². The maximum absolute atomic E-state index is 13.5. The van der Waals surface area contributed by atoms with Gasteiger partial charge in [-0.25, -0.2) is 4.42 Å². The molecule has 6 rings (SSSR count). The van der Waals surface area contributed by atoms with Crippen LogP contribution in [0.2, 0.25) is 0 Å². The van der Waals surface area contributed by atoms with Crippen LogP contribution in [0, 0.1) is 0 Å². The summed E-state index contributed by atoms with van der Waals surface area (Å²) in [5.74, 6) is -12.5. The highest BCUT2D eigenvalue weighted by Gasteiger charge is 2.86. The maximum atomic E-state index is 13.5. The summed E-state index contributed by atoms with van der Waals surface area (Å²) in [5.41, 5.74) is -7.53. The van der Waals surface area contributed by atoms with Gasteiger partial charge in [-0.2, -0.15) is 0 Å². The molecule has 2 bridgehead atoms. The number of aliphatic hydroxyl groups is 4. The van der Waals surface area contributed by atoms with Gasteiger partial charge in [0.25, 0.3) is 0 Å². The molecular weight excluding hydrogens is 564 g/mol. The molecule has 2 heterocycles. The predicted molar refractivity (Wildman–Crippen MR) is 132 cm³/mol. The number of hydrogen-bond acceptors (Lipinski definition) is 14. The van der Waals surface area contributed by atoms with E-state index < -0.39 is 106 Å². The van der Waals surface area contributed by atoms with Gasteiger partial charge in [-0.1, -0.05) is 0 Å². The van der Waals surface area contributed by atoms with Crippen LogP contribution in [0.15, 0.2) is 40.8 Å². The van der Waals surface area contributed by atoms with E-state index in [0.717, 1.165) is 30.3 Å². The van der Waals surface area contributed by atoms with Gasteiger partial charge in [-0.05, 0) is 12.1 Å². The van der Waals surface area contributed by atoms with Crippen LogP contribution in [0.1, 0.15) is 12.8 Å². The van der Waals surface area contributed by atoms with Crippen molar-refractivity contribution in [2.24, 2.45) is 0 Å². The Bertz CT molecular complexity index is 1750. The number of fused-ring (bicyclic) bond motifs is 5. The van der Waals surface area contributed by atoms with Crippen molar-refractivity contribution in [1.29, 1.82) is 0 Å². The molecule has 1 saturated heterocycles. The first-order valence-electron chi connectivity index (χ1n) is 12.3. The number of carbonyl (C=O) groups excluding carboxylic acids is 4. The number of ether oxygens (including phenoxy) is 2. The molecule has 218 valence electrons. The predicted octanol–water partition coefficient (Wildman–Crippen LogP) is -1.06. The number of phenolic OH excluding ortho intramolecular Hbond substituents is 4. The number of phenols is 4. The molecule has 6 atom stereocenters. The second kappa shape index (κ2) is 8.67. The van der Waals surface area contributed by atoms with Crippen LogP contribution in [0.3, 0.4) is 0 Å². The summed E-state index contributed by atoms with van der Waals surface area (Å²) in [6.07, 6.45) is -9.45. The number of ketones is 4. The zero-order chi connectivity index (χ0) is 30.5. The molecule has 3 fully saturated rings. The van der Waals surface area contributed by atoms with Crippen LogP contribution in [-0.2, 0) is 23.9 Å². The molecule has 42 heavy (non-hydrogen) atoms. The molecular formula is C27H21O15+. The van der Waals surface area contributed by atoms with E-state index in [1.54, 1.807) is 0 Å². The Morgan fingerprint density at radius 3 is 2.26 bits per heavy atom. The number of benzene rings is 2. The van der Waals surface area contributed by atoms with Crippen molar-refractivity contribution >= 4 is 34.1 Å². The zero-order valence-corrected chi connectivity index (χ0v) is 21.0. The summed E-state index contributed by atoms with van der Waals surface area (Å²) in [6, 6.07) is 6.20. The van der Waals surface area contributed by atoms with Gasteiger partial charge >= 0.3 is 17.1 Å². The Labute approximate surface area is 233 Å². The number of rotatable bonds is 3. The second-order valence-corrected chi connectivity index (χ2v) is 10.3. The summed E-state index contributed by atoms with van der Waals surface area (Å²) < 4.78 is 17.1. The second-order valence-electron chi connectivity index (χ2n) is 10.3. The van der Waals surface area contributed by atoms with Crippen molar-refractivity contribution in [2.45, 2.75) is 48.1 Å². The van der Waals surface area contributed by atoms with Crippen LogP contribution in [0.5, 0.6) is 28.7 Å². The highest BCUT2D eigenvalue weighted by atomic mass is 16.7. The summed E-state index contributed by atoms with van der Waals surface area (Å²) >= 11 is 0. The van der Waals surface area contributed by atoms with E-state index in [-0.39, 0.29) is 16.5 Å². The molecule has 3 aromatic rings. The molecule has 8 N–H and O–H groups in total. The fourth-order valence-electron chi connectivity index (χ4n) is 5.70. The normalized spacial score (nSPS) is 32.6. The molecule has 0 radical (unpaired) electrons. The standard InChI is InChI=1S/C27H20O15/c28-10-4-13(30)11-6-17(22(40-16(11)5-10)9-1-2-12(29)14(31)3-9)41-27-20(35)8-19(34)26(27,39)25(38)18(33)7-15(32)21(36)23(42-27)24(25)37/h1-6,15,23-24,32,37-39H,7-8H2,(H3-,28,29,30,31)/p+1/t15?,23-,24-,25+,26-,27?/m1/s1.